The normalized spacial score (nSPS) is 10.8. The van der Waals surface area contributed by atoms with Crippen molar-refractivity contribution in [3.63, 3.8) is 0 Å². The number of rotatable bonds is 7. The number of hydrogen-bond acceptors (Lipinski definition) is 5. The standard InChI is InChI=1S/C17H17N3O2S/c1-2-9-20-16(15-4-3-10-22-15)18-19-17(20)23-12-14-7-5-13(11-21)6-8-14/h2-8,10,21H,1,9,11-12H2. The van der Waals surface area contributed by atoms with E-state index >= 15 is 0 Å². The third kappa shape index (κ3) is 3.55. The van der Waals surface area contributed by atoms with E-state index in [1.165, 1.54) is 5.56 Å². The fourth-order valence-corrected chi connectivity index (χ4v) is 3.07. The van der Waals surface area contributed by atoms with E-state index in [2.05, 4.69) is 16.8 Å². The van der Waals surface area contributed by atoms with Gasteiger partial charge in [-0.2, -0.15) is 0 Å². The van der Waals surface area contributed by atoms with Crippen molar-refractivity contribution in [1.29, 1.82) is 0 Å². The highest BCUT2D eigenvalue weighted by molar-refractivity contribution is 7.98. The van der Waals surface area contributed by atoms with Crippen molar-refractivity contribution in [2.45, 2.75) is 24.1 Å². The van der Waals surface area contributed by atoms with Gasteiger partial charge in [0.15, 0.2) is 10.9 Å². The molecule has 2 heterocycles. The third-order valence-electron chi connectivity index (χ3n) is 3.34. The van der Waals surface area contributed by atoms with Crippen LogP contribution in [0.1, 0.15) is 11.1 Å². The Balaban J connectivity index is 1.78. The fourth-order valence-electron chi connectivity index (χ4n) is 2.17. The van der Waals surface area contributed by atoms with Crippen LogP contribution >= 0.6 is 11.8 Å². The summed E-state index contributed by atoms with van der Waals surface area (Å²) >= 11 is 1.61. The van der Waals surface area contributed by atoms with Crippen LogP contribution in [-0.4, -0.2) is 19.9 Å². The monoisotopic (exact) mass is 327 g/mol. The second-order valence-corrected chi connectivity index (χ2v) is 5.89. The molecule has 0 spiro atoms. The first kappa shape index (κ1) is 15.6. The van der Waals surface area contributed by atoms with Gasteiger partial charge in [0, 0.05) is 12.3 Å². The highest BCUT2D eigenvalue weighted by Gasteiger charge is 2.15. The SMILES string of the molecule is C=CCn1c(SCc2ccc(CO)cc2)nnc1-c1ccco1. The Morgan fingerprint density at radius 3 is 2.61 bits per heavy atom. The van der Waals surface area contributed by atoms with Crippen molar-refractivity contribution in [3.8, 4) is 11.6 Å². The van der Waals surface area contributed by atoms with Crippen LogP contribution in [0.4, 0.5) is 0 Å². The van der Waals surface area contributed by atoms with Gasteiger partial charge >= 0.3 is 0 Å². The van der Waals surface area contributed by atoms with Crippen LogP contribution < -0.4 is 0 Å². The fraction of sp³-hybridized carbons (Fsp3) is 0.176. The average Bonchev–Trinajstić information content (AvgIpc) is 3.23. The molecule has 0 aliphatic carbocycles. The number of aliphatic hydroxyl groups is 1. The number of aliphatic hydroxyl groups excluding tert-OH is 1. The van der Waals surface area contributed by atoms with Gasteiger partial charge in [-0.25, -0.2) is 0 Å². The van der Waals surface area contributed by atoms with Gasteiger partial charge in [-0.05, 0) is 23.3 Å². The molecule has 6 heteroatoms. The minimum Gasteiger partial charge on any atom is -0.461 e. The number of hydrogen-bond donors (Lipinski definition) is 1. The maximum atomic E-state index is 9.08. The van der Waals surface area contributed by atoms with E-state index in [1.54, 1.807) is 18.0 Å². The number of nitrogens with zero attached hydrogens (tertiary/aromatic N) is 3. The summed E-state index contributed by atoms with van der Waals surface area (Å²) in [6.07, 6.45) is 3.44. The molecule has 0 aliphatic rings. The first-order chi connectivity index (χ1) is 11.3. The second-order valence-electron chi connectivity index (χ2n) is 4.95. The molecule has 23 heavy (non-hydrogen) atoms. The first-order valence-electron chi connectivity index (χ1n) is 7.21. The third-order valence-corrected chi connectivity index (χ3v) is 4.38. The van der Waals surface area contributed by atoms with Crippen LogP contribution in [0.3, 0.4) is 0 Å². The number of aromatic nitrogens is 3. The number of allylic oxidation sites excluding steroid dienone is 1. The Hall–Kier alpha value is -2.31. The molecule has 0 saturated heterocycles. The van der Waals surface area contributed by atoms with Gasteiger partial charge in [-0.15, -0.1) is 16.8 Å². The minimum absolute atomic E-state index is 0.0631. The summed E-state index contributed by atoms with van der Waals surface area (Å²) in [5.74, 6) is 2.17. The van der Waals surface area contributed by atoms with E-state index in [9.17, 15) is 0 Å². The highest BCUT2D eigenvalue weighted by Crippen LogP contribution is 2.26. The lowest BCUT2D eigenvalue weighted by atomic mass is 10.2. The summed E-state index contributed by atoms with van der Waals surface area (Å²) in [5, 5.41) is 18.4. The quantitative estimate of drug-likeness (QED) is 0.531. The van der Waals surface area contributed by atoms with Gasteiger partial charge in [0.05, 0.1) is 12.9 Å². The van der Waals surface area contributed by atoms with Crippen molar-refractivity contribution in [2.24, 2.45) is 0 Å². The Kier molecular flexibility index (Phi) is 4.95. The molecule has 3 rings (SSSR count). The number of thioether (sulfide) groups is 1. The van der Waals surface area contributed by atoms with Gasteiger partial charge in [0.1, 0.15) is 0 Å². The first-order valence-corrected chi connectivity index (χ1v) is 8.20. The van der Waals surface area contributed by atoms with E-state index in [1.807, 2.05) is 47.0 Å². The van der Waals surface area contributed by atoms with Crippen LogP contribution in [0.25, 0.3) is 11.6 Å². The van der Waals surface area contributed by atoms with Gasteiger partial charge < -0.3 is 9.52 Å². The van der Waals surface area contributed by atoms with E-state index in [-0.39, 0.29) is 6.61 Å². The lowest BCUT2D eigenvalue weighted by Gasteiger charge is -2.06. The molecular formula is C17H17N3O2S. The van der Waals surface area contributed by atoms with Crippen molar-refractivity contribution in [3.05, 3.63) is 66.4 Å². The summed E-state index contributed by atoms with van der Waals surface area (Å²) in [6, 6.07) is 11.6. The van der Waals surface area contributed by atoms with Crippen molar-refractivity contribution in [1.82, 2.24) is 14.8 Å². The molecule has 0 amide bonds. The largest absolute Gasteiger partial charge is 0.461 e. The average molecular weight is 327 g/mol. The molecule has 3 aromatic rings. The van der Waals surface area contributed by atoms with Crippen molar-refractivity contribution in [2.75, 3.05) is 0 Å². The van der Waals surface area contributed by atoms with Crippen LogP contribution in [0, 0.1) is 0 Å². The molecule has 0 atom stereocenters. The highest BCUT2D eigenvalue weighted by atomic mass is 32.2. The number of furan rings is 1. The molecule has 1 aromatic carbocycles. The Morgan fingerprint density at radius 2 is 1.96 bits per heavy atom. The zero-order chi connectivity index (χ0) is 16.1. The molecule has 0 fully saturated rings. The lowest BCUT2D eigenvalue weighted by molar-refractivity contribution is 0.282. The molecule has 118 valence electrons. The van der Waals surface area contributed by atoms with Gasteiger partial charge in [0.25, 0.3) is 0 Å². The van der Waals surface area contributed by atoms with Crippen molar-refractivity contribution < 1.29 is 9.52 Å². The Bertz CT molecular complexity index is 764. The molecular weight excluding hydrogens is 310 g/mol. The van der Waals surface area contributed by atoms with E-state index in [4.69, 9.17) is 9.52 Å². The summed E-state index contributed by atoms with van der Waals surface area (Å²) in [7, 11) is 0. The Morgan fingerprint density at radius 1 is 1.17 bits per heavy atom. The van der Waals surface area contributed by atoms with Crippen LogP contribution in [0.15, 0.2) is 64.9 Å². The van der Waals surface area contributed by atoms with Gasteiger partial charge in [-0.1, -0.05) is 42.1 Å². The smallest absolute Gasteiger partial charge is 0.200 e. The molecule has 0 unspecified atom stereocenters. The number of benzene rings is 1. The van der Waals surface area contributed by atoms with Gasteiger partial charge in [0.2, 0.25) is 5.82 Å². The second kappa shape index (κ2) is 7.30. The molecule has 5 nitrogen and oxygen atoms in total. The zero-order valence-electron chi connectivity index (χ0n) is 12.6. The lowest BCUT2D eigenvalue weighted by Crippen LogP contribution is -2.00. The topological polar surface area (TPSA) is 64.1 Å². The molecule has 2 aromatic heterocycles. The van der Waals surface area contributed by atoms with Crippen LogP contribution in [-0.2, 0) is 18.9 Å². The Labute approximate surface area is 138 Å². The molecule has 0 saturated carbocycles. The summed E-state index contributed by atoms with van der Waals surface area (Å²) in [6.45, 7) is 4.48. The molecule has 0 aliphatic heterocycles. The predicted octanol–water partition coefficient (Wildman–Crippen LogP) is 3.51. The summed E-state index contributed by atoms with van der Waals surface area (Å²) in [4.78, 5) is 0. The zero-order valence-corrected chi connectivity index (χ0v) is 13.4. The maximum Gasteiger partial charge on any atom is 0.200 e. The summed E-state index contributed by atoms with van der Waals surface area (Å²) in [5.41, 5.74) is 2.08. The minimum atomic E-state index is 0.0631. The van der Waals surface area contributed by atoms with E-state index < -0.39 is 0 Å². The molecule has 0 bridgehead atoms. The molecule has 0 radical (unpaired) electrons. The summed E-state index contributed by atoms with van der Waals surface area (Å²) < 4.78 is 7.40. The predicted molar refractivity (Wildman–Crippen MR) is 89.8 cm³/mol. The van der Waals surface area contributed by atoms with E-state index in [0.29, 0.717) is 18.1 Å². The van der Waals surface area contributed by atoms with Crippen molar-refractivity contribution >= 4 is 11.8 Å². The molecule has 1 N–H and O–H groups in total. The van der Waals surface area contributed by atoms with Crippen LogP contribution in [0.2, 0.25) is 0 Å². The van der Waals surface area contributed by atoms with E-state index in [0.717, 1.165) is 16.5 Å². The maximum absolute atomic E-state index is 9.08. The van der Waals surface area contributed by atoms with Crippen LogP contribution in [0.5, 0.6) is 0 Å². The van der Waals surface area contributed by atoms with Gasteiger partial charge in [-0.3, -0.25) is 4.57 Å².